The maximum Gasteiger partial charge on any atom is 0.416 e. The van der Waals surface area contributed by atoms with Crippen molar-refractivity contribution in [3.05, 3.63) is 107 Å². The van der Waals surface area contributed by atoms with Gasteiger partial charge in [-0.25, -0.2) is 8.78 Å². The molecule has 0 radical (unpaired) electrons. The van der Waals surface area contributed by atoms with Gasteiger partial charge in [-0.1, -0.05) is 12.1 Å². The number of nitrogens with two attached hydrogens (primary N) is 1. The fraction of sp³-hybridized carbons (Fsp3) is 0.286. The quantitative estimate of drug-likeness (QED) is 0.0799. The first-order chi connectivity index (χ1) is 23.6. The van der Waals surface area contributed by atoms with Gasteiger partial charge in [-0.15, -0.1) is 11.3 Å². The Morgan fingerprint density at radius 1 is 0.837 bits per heavy atom. The normalized spacial score (nSPS) is 11.7. The van der Waals surface area contributed by atoms with Crippen LogP contribution in [0.25, 0.3) is 20.8 Å². The lowest BCUT2D eigenvalue weighted by molar-refractivity contribution is -0.137. The number of ketones is 1. The lowest BCUT2D eigenvalue weighted by Gasteiger charge is -2.10. The lowest BCUT2D eigenvalue weighted by atomic mass is 10.0. The third-order valence-electron chi connectivity index (χ3n) is 7.22. The minimum Gasteiger partial charge on any atom is -0.453 e. The summed E-state index contributed by atoms with van der Waals surface area (Å²) in [6, 6.07) is 13.2. The zero-order valence-corrected chi connectivity index (χ0v) is 27.0. The van der Waals surface area contributed by atoms with Crippen LogP contribution in [0.5, 0.6) is 11.5 Å². The van der Waals surface area contributed by atoms with Crippen LogP contribution >= 0.6 is 11.3 Å². The monoisotopic (exact) mass is 700 g/mol. The van der Waals surface area contributed by atoms with Crippen LogP contribution in [-0.2, 0) is 39.8 Å². The smallest absolute Gasteiger partial charge is 0.416 e. The highest BCUT2D eigenvalue weighted by atomic mass is 32.1. The number of benzene rings is 2. The second kappa shape index (κ2) is 16.9. The highest BCUT2D eigenvalue weighted by Gasteiger charge is 2.31. The number of carbonyl (C=O) groups is 1. The summed E-state index contributed by atoms with van der Waals surface area (Å²) in [5.41, 5.74) is 6.59. The van der Waals surface area contributed by atoms with E-state index in [0.717, 1.165) is 22.2 Å². The molecule has 0 aliphatic heterocycles. The zero-order chi connectivity index (χ0) is 34.8. The third kappa shape index (κ3) is 10.1. The number of halogens is 5. The van der Waals surface area contributed by atoms with Crippen LogP contribution in [0, 0.1) is 11.6 Å². The van der Waals surface area contributed by atoms with Gasteiger partial charge >= 0.3 is 6.18 Å². The summed E-state index contributed by atoms with van der Waals surface area (Å²) in [6.07, 6.45) is -2.21. The molecule has 0 aliphatic carbocycles. The average Bonchev–Trinajstić information content (AvgIpc) is 3.51. The number of thiophene rings is 1. The Labute approximate surface area is 283 Å². The van der Waals surface area contributed by atoms with Gasteiger partial charge in [0.05, 0.1) is 52.8 Å². The molecule has 5 aromatic rings. The molecule has 0 amide bonds. The van der Waals surface area contributed by atoms with Crippen molar-refractivity contribution in [2.75, 3.05) is 39.5 Å². The number of ether oxygens (including phenoxy) is 3. The molecule has 258 valence electrons. The number of fused-ring (bicyclic) bond motifs is 1. The number of nitrogens with one attached hydrogen (secondary N) is 1. The van der Waals surface area contributed by atoms with E-state index in [1.165, 1.54) is 23.5 Å². The Morgan fingerprint density at radius 3 is 2.37 bits per heavy atom. The van der Waals surface area contributed by atoms with E-state index in [-0.39, 0.29) is 23.3 Å². The van der Waals surface area contributed by atoms with Crippen LogP contribution in [0.2, 0.25) is 0 Å². The summed E-state index contributed by atoms with van der Waals surface area (Å²) in [5.74, 6) is -1.96. The Morgan fingerprint density at radius 2 is 1.63 bits per heavy atom. The van der Waals surface area contributed by atoms with Crippen molar-refractivity contribution in [1.29, 1.82) is 0 Å². The molecule has 8 nitrogen and oxygen atoms in total. The van der Waals surface area contributed by atoms with Crippen molar-refractivity contribution in [2.24, 2.45) is 5.73 Å². The fourth-order valence-corrected chi connectivity index (χ4v) is 5.87. The van der Waals surface area contributed by atoms with Crippen LogP contribution in [0.1, 0.15) is 22.3 Å². The molecule has 0 saturated carbocycles. The number of hydrogen-bond acceptors (Lipinski definition) is 9. The predicted octanol–water partition coefficient (Wildman–Crippen LogP) is 6.88. The van der Waals surface area contributed by atoms with E-state index in [2.05, 4.69) is 15.3 Å². The van der Waals surface area contributed by atoms with Crippen molar-refractivity contribution in [1.82, 2.24) is 15.3 Å². The van der Waals surface area contributed by atoms with E-state index < -0.39 is 35.6 Å². The zero-order valence-electron chi connectivity index (χ0n) is 26.2. The summed E-state index contributed by atoms with van der Waals surface area (Å²) < 4.78 is 85.6. The van der Waals surface area contributed by atoms with Gasteiger partial charge in [0.25, 0.3) is 0 Å². The first-order valence-electron chi connectivity index (χ1n) is 15.3. The van der Waals surface area contributed by atoms with Crippen LogP contribution in [0.4, 0.5) is 22.0 Å². The van der Waals surface area contributed by atoms with E-state index in [9.17, 15) is 22.4 Å². The van der Waals surface area contributed by atoms with Crippen molar-refractivity contribution in [3.63, 3.8) is 0 Å². The largest absolute Gasteiger partial charge is 0.453 e. The SMILES string of the molecule is NCCOCCOCCNCc1ccc(-c2cc3nccc(Oc4ccc(CC(=O)Cc5cc(C(F)(F)F)ccc5F)cc4F)c3s2)nc1. The molecule has 0 fully saturated rings. The molecule has 3 heterocycles. The van der Waals surface area contributed by atoms with E-state index in [0.29, 0.717) is 80.2 Å². The molecule has 49 heavy (non-hydrogen) atoms. The Kier molecular flexibility index (Phi) is 12.4. The van der Waals surface area contributed by atoms with Crippen molar-refractivity contribution in [2.45, 2.75) is 25.6 Å². The van der Waals surface area contributed by atoms with Gasteiger partial charge in [-0.2, -0.15) is 13.2 Å². The molecular weight excluding hydrogens is 667 g/mol. The van der Waals surface area contributed by atoms with Gasteiger partial charge in [0.2, 0.25) is 0 Å². The lowest BCUT2D eigenvalue weighted by Crippen LogP contribution is -2.20. The fourth-order valence-electron chi connectivity index (χ4n) is 4.82. The second-order valence-electron chi connectivity index (χ2n) is 10.9. The summed E-state index contributed by atoms with van der Waals surface area (Å²) in [5, 5.41) is 3.31. The van der Waals surface area contributed by atoms with E-state index >= 15 is 4.39 Å². The molecule has 0 aliphatic rings. The summed E-state index contributed by atoms with van der Waals surface area (Å²) >= 11 is 1.39. The van der Waals surface area contributed by atoms with Crippen LogP contribution in [0.15, 0.2) is 73.1 Å². The summed E-state index contributed by atoms with van der Waals surface area (Å²) in [6.45, 7) is 3.89. The highest BCUT2D eigenvalue weighted by molar-refractivity contribution is 7.22. The van der Waals surface area contributed by atoms with Gasteiger partial charge in [0, 0.05) is 50.9 Å². The van der Waals surface area contributed by atoms with Gasteiger partial charge < -0.3 is 25.3 Å². The molecular formula is C35H33F5N4O4S. The molecule has 3 aromatic heterocycles. The minimum absolute atomic E-state index is 0.0946. The first kappa shape index (κ1) is 36.0. The molecule has 0 atom stereocenters. The molecule has 0 unspecified atom stereocenters. The highest BCUT2D eigenvalue weighted by Crippen LogP contribution is 2.39. The molecule has 2 aromatic carbocycles. The van der Waals surface area contributed by atoms with E-state index in [1.807, 2.05) is 18.2 Å². The number of nitrogens with zero attached hydrogens (tertiary/aromatic N) is 2. The van der Waals surface area contributed by atoms with Gasteiger partial charge in [0.1, 0.15) is 17.3 Å². The molecule has 0 bridgehead atoms. The average molecular weight is 701 g/mol. The number of aromatic nitrogens is 2. The number of carbonyl (C=O) groups excluding carboxylic acids is 1. The van der Waals surface area contributed by atoms with Crippen LogP contribution < -0.4 is 15.8 Å². The van der Waals surface area contributed by atoms with Crippen molar-refractivity contribution >= 4 is 27.3 Å². The third-order valence-corrected chi connectivity index (χ3v) is 8.38. The molecule has 5 rings (SSSR count). The number of hydrogen-bond donors (Lipinski definition) is 2. The molecule has 0 saturated heterocycles. The molecule has 0 spiro atoms. The number of Topliss-reactive ketones (excluding diaryl/α,β-unsaturated/α-hetero) is 1. The van der Waals surface area contributed by atoms with Crippen molar-refractivity contribution in [3.8, 4) is 22.1 Å². The van der Waals surface area contributed by atoms with Crippen LogP contribution in [-0.4, -0.2) is 55.3 Å². The number of alkyl halides is 3. The number of rotatable bonds is 17. The Hall–Kier alpha value is -4.34. The minimum atomic E-state index is -4.67. The number of pyridine rings is 2. The van der Waals surface area contributed by atoms with Gasteiger partial charge in [-0.3, -0.25) is 14.8 Å². The van der Waals surface area contributed by atoms with E-state index in [4.69, 9.17) is 19.9 Å². The summed E-state index contributed by atoms with van der Waals surface area (Å²) in [4.78, 5) is 22.4. The molecule has 14 heteroatoms. The van der Waals surface area contributed by atoms with Crippen LogP contribution in [0.3, 0.4) is 0 Å². The first-order valence-corrected chi connectivity index (χ1v) is 16.2. The molecule has 3 N–H and O–H groups in total. The standard InChI is InChI=1S/C35H33F5N4O4S/c36-27-4-3-25(35(38,39)40)17-24(27)18-26(45)15-22-2-6-31(28(37)16-22)48-32-7-9-43-30-19-33(49-34(30)32)29-5-1-23(21-44-29)20-42-10-12-47-14-13-46-11-8-41/h1-7,9,16-17,19,21,42H,8,10-15,18,20,41H2. The summed E-state index contributed by atoms with van der Waals surface area (Å²) in [7, 11) is 0. The Balaban J connectivity index is 1.17. The predicted molar refractivity (Wildman–Crippen MR) is 176 cm³/mol. The van der Waals surface area contributed by atoms with Gasteiger partial charge in [0.15, 0.2) is 11.6 Å². The van der Waals surface area contributed by atoms with E-state index in [1.54, 1.807) is 18.5 Å². The van der Waals surface area contributed by atoms with Gasteiger partial charge in [-0.05, 0) is 59.2 Å². The topological polar surface area (TPSA) is 109 Å². The second-order valence-corrected chi connectivity index (χ2v) is 12.0. The maximum atomic E-state index is 15.1. The maximum absolute atomic E-state index is 15.1. The van der Waals surface area contributed by atoms with Crippen molar-refractivity contribution < 1.29 is 41.0 Å². The Bertz CT molecular complexity index is 1870.